The van der Waals surface area contributed by atoms with E-state index in [1.165, 1.54) is 12.8 Å². The summed E-state index contributed by atoms with van der Waals surface area (Å²) in [6.07, 6.45) is 4.74. The molecule has 0 aromatic rings. The fraction of sp³-hybridized carbons (Fsp3) is 1.00. The van der Waals surface area contributed by atoms with E-state index in [2.05, 4.69) is 0 Å². The predicted octanol–water partition coefficient (Wildman–Crippen LogP) is 2.20. The lowest BCUT2D eigenvalue weighted by molar-refractivity contribution is 0.708. The largest absolute Gasteiger partial charge is 0.412 e. The van der Waals surface area contributed by atoms with Crippen molar-refractivity contribution in [1.82, 2.24) is 0 Å². The molecule has 0 aliphatic heterocycles. The molecule has 0 spiro atoms. The summed E-state index contributed by atoms with van der Waals surface area (Å²) in [5.74, 6) is 1.59. The van der Waals surface area contributed by atoms with E-state index in [4.69, 9.17) is 23.2 Å². The minimum Gasteiger partial charge on any atom is -0.412 e. The topological polar surface area (TPSA) is 31.5 Å². The molecule has 0 rings (SSSR count). The van der Waals surface area contributed by atoms with Crippen molar-refractivity contribution >= 4 is 23.2 Å². The highest BCUT2D eigenvalue weighted by molar-refractivity contribution is 6.18. The van der Waals surface area contributed by atoms with Crippen LogP contribution in [0.1, 0.15) is 25.7 Å². The summed E-state index contributed by atoms with van der Waals surface area (Å²) in [7, 11) is 0. The second kappa shape index (κ2) is 11.4. The molecule has 0 aliphatic carbocycles. The van der Waals surface area contributed by atoms with Crippen LogP contribution in [0.15, 0.2) is 0 Å². The van der Waals surface area contributed by atoms with Crippen LogP contribution in [-0.2, 0) is 0 Å². The van der Waals surface area contributed by atoms with Crippen molar-refractivity contribution in [3.8, 4) is 0 Å². The molecule has 9 heavy (non-hydrogen) atoms. The zero-order valence-electron chi connectivity index (χ0n) is 5.50. The van der Waals surface area contributed by atoms with Crippen molar-refractivity contribution in [1.29, 1.82) is 0 Å². The third-order valence-electron chi connectivity index (χ3n) is 1.02. The zero-order chi connectivity index (χ0) is 6.24. The average Bonchev–Trinajstić information content (AvgIpc) is 1.81. The van der Waals surface area contributed by atoms with Gasteiger partial charge in [-0.3, -0.25) is 0 Å². The molecule has 0 heterocycles. The summed E-state index contributed by atoms with van der Waals surface area (Å²) in [6, 6.07) is 0. The SMILES string of the molecule is ClCCCCCCCl.O. The molecule has 0 fully saturated rings. The summed E-state index contributed by atoms with van der Waals surface area (Å²) >= 11 is 10.9. The summed E-state index contributed by atoms with van der Waals surface area (Å²) < 4.78 is 0. The quantitative estimate of drug-likeness (QED) is 0.450. The second-order valence-electron chi connectivity index (χ2n) is 1.79. The van der Waals surface area contributed by atoms with Crippen molar-refractivity contribution < 1.29 is 5.48 Å². The van der Waals surface area contributed by atoms with Crippen molar-refractivity contribution in [2.75, 3.05) is 11.8 Å². The van der Waals surface area contributed by atoms with E-state index in [-0.39, 0.29) is 5.48 Å². The van der Waals surface area contributed by atoms with Gasteiger partial charge < -0.3 is 5.48 Å². The van der Waals surface area contributed by atoms with Crippen LogP contribution in [0.25, 0.3) is 0 Å². The highest BCUT2D eigenvalue weighted by Crippen LogP contribution is 2.01. The van der Waals surface area contributed by atoms with Crippen molar-refractivity contribution in [2.24, 2.45) is 0 Å². The molecule has 0 aromatic heterocycles. The van der Waals surface area contributed by atoms with Gasteiger partial charge in [0.25, 0.3) is 0 Å². The molecule has 0 atom stereocenters. The molecule has 0 amide bonds. The number of unbranched alkanes of at least 4 members (excludes halogenated alkanes) is 3. The fourth-order valence-corrected chi connectivity index (χ4v) is 0.921. The Morgan fingerprint density at radius 1 is 0.667 bits per heavy atom. The number of rotatable bonds is 5. The summed E-state index contributed by atoms with van der Waals surface area (Å²) in [5.41, 5.74) is 0. The molecule has 0 saturated carbocycles. The minimum atomic E-state index is 0. The van der Waals surface area contributed by atoms with Gasteiger partial charge in [-0.25, -0.2) is 0 Å². The smallest absolute Gasteiger partial charge is 0.0223 e. The molecule has 0 radical (unpaired) electrons. The van der Waals surface area contributed by atoms with E-state index in [9.17, 15) is 0 Å². The Morgan fingerprint density at radius 2 is 1.00 bits per heavy atom. The lowest BCUT2D eigenvalue weighted by Crippen LogP contribution is -1.78. The van der Waals surface area contributed by atoms with Crippen molar-refractivity contribution in [3.63, 3.8) is 0 Å². The Morgan fingerprint density at radius 3 is 1.22 bits per heavy atom. The van der Waals surface area contributed by atoms with E-state index in [1.54, 1.807) is 0 Å². The minimum absolute atomic E-state index is 0. The molecule has 0 unspecified atom stereocenters. The van der Waals surface area contributed by atoms with Crippen LogP contribution in [0.2, 0.25) is 0 Å². The van der Waals surface area contributed by atoms with Crippen LogP contribution < -0.4 is 0 Å². The monoisotopic (exact) mass is 172 g/mol. The maximum atomic E-state index is 5.45. The van der Waals surface area contributed by atoms with Crippen LogP contribution >= 0.6 is 23.2 Å². The first-order chi connectivity index (χ1) is 3.91. The molecule has 1 nitrogen and oxygen atoms in total. The lowest BCUT2D eigenvalue weighted by atomic mass is 10.2. The number of hydrogen-bond acceptors (Lipinski definition) is 0. The predicted molar refractivity (Wildman–Crippen MR) is 43.5 cm³/mol. The van der Waals surface area contributed by atoms with Gasteiger partial charge in [-0.1, -0.05) is 12.8 Å². The van der Waals surface area contributed by atoms with Gasteiger partial charge in [0, 0.05) is 11.8 Å². The molecule has 3 heteroatoms. The van der Waals surface area contributed by atoms with Gasteiger partial charge in [-0.15, -0.1) is 23.2 Å². The number of halogens is 2. The normalized spacial score (nSPS) is 8.67. The molecular formula is C6H14Cl2O. The Kier molecular flexibility index (Phi) is 15.4. The van der Waals surface area contributed by atoms with Gasteiger partial charge in [0.2, 0.25) is 0 Å². The average molecular weight is 173 g/mol. The van der Waals surface area contributed by atoms with Crippen LogP contribution in [0.4, 0.5) is 0 Å². The Balaban J connectivity index is 0. The molecule has 0 saturated heterocycles. The maximum Gasteiger partial charge on any atom is 0.0223 e. The standard InChI is InChI=1S/C6H12Cl2.H2O/c7-5-3-1-2-4-6-8;/h1-6H2;1H2. The number of alkyl halides is 2. The summed E-state index contributed by atoms with van der Waals surface area (Å²) in [5, 5.41) is 0. The zero-order valence-corrected chi connectivity index (χ0v) is 7.01. The molecule has 2 N–H and O–H groups in total. The van der Waals surface area contributed by atoms with Crippen molar-refractivity contribution in [3.05, 3.63) is 0 Å². The Bertz CT molecular complexity index is 36.0. The van der Waals surface area contributed by atoms with Crippen LogP contribution in [0.3, 0.4) is 0 Å². The van der Waals surface area contributed by atoms with Gasteiger partial charge >= 0.3 is 0 Å². The van der Waals surface area contributed by atoms with Crippen LogP contribution in [0.5, 0.6) is 0 Å². The van der Waals surface area contributed by atoms with E-state index >= 15 is 0 Å². The fourth-order valence-electron chi connectivity index (χ4n) is 0.543. The first kappa shape index (κ1) is 12.2. The molecule has 58 valence electrons. The van der Waals surface area contributed by atoms with Gasteiger partial charge in [0.15, 0.2) is 0 Å². The molecular weight excluding hydrogens is 159 g/mol. The number of hydrogen-bond donors (Lipinski definition) is 0. The molecule has 0 bridgehead atoms. The summed E-state index contributed by atoms with van der Waals surface area (Å²) in [6.45, 7) is 0. The van der Waals surface area contributed by atoms with Crippen molar-refractivity contribution in [2.45, 2.75) is 25.7 Å². The molecule has 0 aromatic carbocycles. The summed E-state index contributed by atoms with van der Waals surface area (Å²) in [4.78, 5) is 0. The van der Waals surface area contributed by atoms with Gasteiger partial charge in [0.05, 0.1) is 0 Å². The van der Waals surface area contributed by atoms with E-state index in [0.29, 0.717) is 0 Å². The first-order valence-corrected chi connectivity index (χ1v) is 4.10. The first-order valence-electron chi connectivity index (χ1n) is 3.03. The van der Waals surface area contributed by atoms with E-state index in [0.717, 1.165) is 24.6 Å². The Labute approximate surface area is 66.7 Å². The van der Waals surface area contributed by atoms with Gasteiger partial charge in [-0.05, 0) is 12.8 Å². The van der Waals surface area contributed by atoms with Crippen LogP contribution in [-0.4, -0.2) is 17.2 Å². The highest BCUT2D eigenvalue weighted by atomic mass is 35.5. The third kappa shape index (κ3) is 11.9. The van der Waals surface area contributed by atoms with Gasteiger partial charge in [-0.2, -0.15) is 0 Å². The van der Waals surface area contributed by atoms with Crippen LogP contribution in [0, 0.1) is 0 Å². The second-order valence-corrected chi connectivity index (χ2v) is 2.55. The van der Waals surface area contributed by atoms with Gasteiger partial charge in [0.1, 0.15) is 0 Å². The third-order valence-corrected chi connectivity index (χ3v) is 1.55. The lowest BCUT2D eigenvalue weighted by Gasteiger charge is -1.92. The maximum absolute atomic E-state index is 5.45. The highest BCUT2D eigenvalue weighted by Gasteiger charge is 1.85. The molecule has 0 aliphatic rings. The van der Waals surface area contributed by atoms with E-state index in [1.807, 2.05) is 0 Å². The Hall–Kier alpha value is 0.540. The van der Waals surface area contributed by atoms with E-state index < -0.39 is 0 Å².